The van der Waals surface area contributed by atoms with E-state index < -0.39 is 27.8 Å². The summed E-state index contributed by atoms with van der Waals surface area (Å²) in [6.07, 6.45) is -0.0568. The number of fused-ring (bicyclic) bond motifs is 1. The molecule has 1 N–H and O–H groups in total. The number of carbonyl (C=O) groups is 2. The van der Waals surface area contributed by atoms with Gasteiger partial charge in [-0.2, -0.15) is 0 Å². The topological polar surface area (TPSA) is 94.5 Å². The third-order valence-corrected chi connectivity index (χ3v) is 6.20. The predicted molar refractivity (Wildman–Crippen MR) is 114 cm³/mol. The number of nitrogens with one attached hydrogen (secondary N) is 1. The quantitative estimate of drug-likeness (QED) is 0.612. The monoisotopic (exact) mass is 428 g/mol. The average Bonchev–Trinajstić information content (AvgIpc) is 3.05. The Morgan fingerprint density at radius 3 is 2.37 bits per heavy atom. The van der Waals surface area contributed by atoms with Gasteiger partial charge in [0.2, 0.25) is 0 Å². The van der Waals surface area contributed by atoms with Gasteiger partial charge in [0, 0.05) is 5.39 Å². The number of carbonyl (C=O) groups excluding carboxylic acids is 2. The highest BCUT2D eigenvalue weighted by Crippen LogP contribution is 2.28. The van der Waals surface area contributed by atoms with E-state index in [0.717, 1.165) is 3.97 Å². The van der Waals surface area contributed by atoms with E-state index in [9.17, 15) is 18.0 Å². The highest BCUT2D eigenvalue weighted by atomic mass is 32.2. The van der Waals surface area contributed by atoms with E-state index in [2.05, 4.69) is 5.32 Å². The maximum atomic E-state index is 13.2. The van der Waals surface area contributed by atoms with Crippen LogP contribution in [0.25, 0.3) is 10.9 Å². The number of nitrogens with zero attached hydrogens (tertiary/aromatic N) is 1. The largest absolute Gasteiger partial charge is 0.444 e. The molecule has 158 valence electrons. The van der Waals surface area contributed by atoms with Crippen LogP contribution in [-0.2, 0) is 14.8 Å². The van der Waals surface area contributed by atoms with E-state index >= 15 is 0 Å². The van der Waals surface area contributed by atoms with Gasteiger partial charge in [-0.05, 0) is 57.5 Å². The zero-order valence-electron chi connectivity index (χ0n) is 17.2. The first kappa shape index (κ1) is 21.6. The molecule has 0 unspecified atom stereocenters. The van der Waals surface area contributed by atoms with Gasteiger partial charge in [0.05, 0.1) is 22.1 Å². The van der Waals surface area contributed by atoms with Crippen LogP contribution < -0.4 is 5.32 Å². The standard InChI is InChI=1S/C22H24N2O5S/c1-15(23-21(26)29-22(2,3)4)16-10-11-17-12-18(14-25)24(20(17)13-16)30(27,28)19-8-6-5-7-9-19/h5-15H,1-4H3,(H,23,26)/t15-/m1/s1. The molecule has 0 spiro atoms. The first-order chi connectivity index (χ1) is 14.0. The number of amides is 1. The number of ether oxygens (including phenoxy) is 1. The van der Waals surface area contributed by atoms with Crippen LogP contribution in [0.2, 0.25) is 0 Å². The number of alkyl carbamates (subject to hydrolysis) is 1. The van der Waals surface area contributed by atoms with E-state index in [0.29, 0.717) is 22.8 Å². The fraction of sp³-hybridized carbons (Fsp3) is 0.273. The van der Waals surface area contributed by atoms with Crippen LogP contribution in [0.1, 0.15) is 49.8 Å². The van der Waals surface area contributed by atoms with Crippen molar-refractivity contribution in [3.63, 3.8) is 0 Å². The first-order valence-corrected chi connectivity index (χ1v) is 10.9. The van der Waals surface area contributed by atoms with Gasteiger partial charge in [-0.1, -0.05) is 30.3 Å². The van der Waals surface area contributed by atoms with Crippen LogP contribution >= 0.6 is 0 Å². The van der Waals surface area contributed by atoms with Crippen LogP contribution in [0.15, 0.2) is 59.5 Å². The van der Waals surface area contributed by atoms with Gasteiger partial charge >= 0.3 is 6.09 Å². The number of aromatic nitrogens is 1. The Morgan fingerprint density at radius 1 is 1.10 bits per heavy atom. The van der Waals surface area contributed by atoms with E-state index in [1.807, 2.05) is 0 Å². The molecule has 3 rings (SSSR count). The summed E-state index contributed by atoms with van der Waals surface area (Å²) >= 11 is 0. The number of benzene rings is 2. The van der Waals surface area contributed by atoms with Crippen molar-refractivity contribution in [3.05, 3.63) is 65.9 Å². The highest BCUT2D eigenvalue weighted by Gasteiger charge is 2.24. The van der Waals surface area contributed by atoms with Gasteiger partial charge in [0.25, 0.3) is 10.0 Å². The summed E-state index contributed by atoms with van der Waals surface area (Å²) < 4.78 is 32.8. The summed E-state index contributed by atoms with van der Waals surface area (Å²) in [5, 5.41) is 3.34. The summed E-state index contributed by atoms with van der Waals surface area (Å²) in [5.41, 5.74) is 0.425. The molecule has 0 saturated carbocycles. The Labute approximate surface area is 175 Å². The molecule has 2 aromatic carbocycles. The molecular weight excluding hydrogens is 404 g/mol. The van der Waals surface area contributed by atoms with Gasteiger partial charge in [-0.15, -0.1) is 0 Å². The minimum Gasteiger partial charge on any atom is -0.444 e. The van der Waals surface area contributed by atoms with Crippen molar-refractivity contribution in [2.75, 3.05) is 0 Å². The Bertz CT molecular complexity index is 1190. The van der Waals surface area contributed by atoms with Gasteiger partial charge in [-0.25, -0.2) is 17.2 Å². The van der Waals surface area contributed by atoms with Crippen LogP contribution in [0.5, 0.6) is 0 Å². The Balaban J connectivity index is 2.05. The summed E-state index contributed by atoms with van der Waals surface area (Å²) in [6.45, 7) is 7.08. The molecule has 0 aliphatic rings. The van der Waals surface area contributed by atoms with Gasteiger partial charge in [0.1, 0.15) is 5.60 Å². The lowest BCUT2D eigenvalue weighted by Gasteiger charge is -2.22. The van der Waals surface area contributed by atoms with Gasteiger partial charge in [0.15, 0.2) is 6.29 Å². The average molecular weight is 429 g/mol. The van der Waals surface area contributed by atoms with Crippen molar-refractivity contribution in [1.29, 1.82) is 0 Å². The van der Waals surface area contributed by atoms with Crippen molar-refractivity contribution in [2.24, 2.45) is 0 Å². The lowest BCUT2D eigenvalue weighted by Crippen LogP contribution is -2.34. The molecule has 3 aromatic rings. The minimum absolute atomic E-state index is 0.0266. The third-order valence-electron chi connectivity index (χ3n) is 4.45. The molecule has 1 heterocycles. The molecule has 8 heteroatoms. The van der Waals surface area contributed by atoms with Gasteiger partial charge in [-0.3, -0.25) is 4.79 Å². The normalized spacial score (nSPS) is 13.1. The smallest absolute Gasteiger partial charge is 0.408 e. The molecule has 30 heavy (non-hydrogen) atoms. The molecule has 1 amide bonds. The molecule has 0 saturated heterocycles. The summed E-state index contributed by atoms with van der Waals surface area (Å²) in [5.74, 6) is 0. The van der Waals surface area contributed by atoms with Crippen molar-refractivity contribution in [1.82, 2.24) is 9.29 Å². The van der Waals surface area contributed by atoms with Gasteiger partial charge < -0.3 is 10.1 Å². The van der Waals surface area contributed by atoms with Crippen molar-refractivity contribution in [3.8, 4) is 0 Å². The predicted octanol–water partition coefficient (Wildman–Crippen LogP) is 4.28. The maximum Gasteiger partial charge on any atom is 0.408 e. The van der Waals surface area contributed by atoms with Crippen LogP contribution in [0.3, 0.4) is 0 Å². The molecule has 1 atom stereocenters. The van der Waals surface area contributed by atoms with Crippen LogP contribution in [0.4, 0.5) is 4.79 Å². The second-order valence-electron chi connectivity index (χ2n) is 7.96. The van der Waals surface area contributed by atoms with Crippen LogP contribution in [-0.4, -0.2) is 30.4 Å². The Kier molecular flexibility index (Phi) is 5.72. The number of rotatable bonds is 5. The number of hydrogen-bond donors (Lipinski definition) is 1. The van der Waals surface area contributed by atoms with Crippen molar-refractivity contribution in [2.45, 2.75) is 44.2 Å². The number of aldehydes is 1. The summed E-state index contributed by atoms with van der Waals surface area (Å²) in [6, 6.07) is 14.2. The molecule has 0 radical (unpaired) electrons. The fourth-order valence-electron chi connectivity index (χ4n) is 3.10. The van der Waals surface area contributed by atoms with E-state index in [4.69, 9.17) is 4.74 Å². The maximum absolute atomic E-state index is 13.2. The third kappa shape index (κ3) is 4.38. The second kappa shape index (κ2) is 7.95. The second-order valence-corrected chi connectivity index (χ2v) is 9.74. The zero-order valence-corrected chi connectivity index (χ0v) is 18.1. The van der Waals surface area contributed by atoms with E-state index in [1.165, 1.54) is 18.2 Å². The molecule has 0 aliphatic heterocycles. The van der Waals surface area contributed by atoms with Crippen molar-refractivity contribution < 1.29 is 22.7 Å². The lowest BCUT2D eigenvalue weighted by molar-refractivity contribution is 0.0508. The lowest BCUT2D eigenvalue weighted by atomic mass is 10.1. The number of hydrogen-bond acceptors (Lipinski definition) is 5. The zero-order chi connectivity index (χ0) is 22.1. The summed E-state index contributed by atoms with van der Waals surface area (Å²) in [7, 11) is -3.98. The highest BCUT2D eigenvalue weighted by molar-refractivity contribution is 7.90. The first-order valence-electron chi connectivity index (χ1n) is 9.43. The van der Waals surface area contributed by atoms with Crippen LogP contribution in [0, 0.1) is 0 Å². The summed E-state index contributed by atoms with van der Waals surface area (Å²) in [4.78, 5) is 23.8. The molecule has 0 bridgehead atoms. The van der Waals surface area contributed by atoms with Crippen molar-refractivity contribution >= 4 is 33.3 Å². The molecule has 1 aromatic heterocycles. The molecule has 7 nitrogen and oxygen atoms in total. The molecular formula is C22H24N2O5S. The SMILES string of the molecule is C[C@@H](NC(=O)OC(C)(C)C)c1ccc2cc(C=O)n(S(=O)(=O)c3ccccc3)c2c1. The molecule has 0 fully saturated rings. The fourth-order valence-corrected chi connectivity index (χ4v) is 4.60. The van der Waals surface area contributed by atoms with E-state index in [-0.39, 0.29) is 10.6 Å². The Morgan fingerprint density at radius 2 is 1.77 bits per heavy atom. The minimum atomic E-state index is -3.98. The molecule has 0 aliphatic carbocycles. The van der Waals surface area contributed by atoms with E-state index in [1.54, 1.807) is 64.1 Å². The Hall–Kier alpha value is -3.13.